The summed E-state index contributed by atoms with van der Waals surface area (Å²) in [6.45, 7) is 7.24. The van der Waals surface area contributed by atoms with Crippen molar-refractivity contribution in [1.29, 1.82) is 0 Å². The monoisotopic (exact) mass is 213 g/mol. The van der Waals surface area contributed by atoms with Gasteiger partial charge in [-0.25, -0.2) is 4.98 Å². The maximum atomic E-state index is 5.94. The molecule has 0 bridgehead atoms. The summed E-state index contributed by atoms with van der Waals surface area (Å²) in [5.74, 6) is 0.519. The molecule has 1 aromatic heterocycles. The second-order valence-electron chi connectivity index (χ2n) is 3.91. The van der Waals surface area contributed by atoms with E-state index in [1.165, 1.54) is 0 Å². The first-order valence-corrected chi connectivity index (χ1v) is 5.87. The van der Waals surface area contributed by atoms with Crippen molar-refractivity contribution in [1.82, 2.24) is 10.3 Å². The van der Waals surface area contributed by atoms with Crippen LogP contribution in [0.1, 0.15) is 31.8 Å². The number of hydrogen-bond donors (Lipinski definition) is 2. The third-order valence-electron chi connectivity index (χ3n) is 2.34. The molecular formula is C10H19N3S. The smallest absolute Gasteiger partial charge is 0.109 e. The molecule has 2 atom stereocenters. The summed E-state index contributed by atoms with van der Waals surface area (Å²) in [6, 6.07) is 0.525. The zero-order chi connectivity index (χ0) is 10.6. The number of nitrogens with zero attached hydrogens (tertiary/aromatic N) is 1. The van der Waals surface area contributed by atoms with E-state index in [0.717, 1.165) is 11.6 Å². The molecule has 1 rings (SSSR count). The van der Waals surface area contributed by atoms with E-state index in [2.05, 4.69) is 31.1 Å². The SMILES string of the molecule is CC(NCC(N)C(C)C)c1nccs1. The van der Waals surface area contributed by atoms with E-state index in [4.69, 9.17) is 5.73 Å². The molecule has 0 saturated carbocycles. The summed E-state index contributed by atoms with van der Waals surface area (Å²) >= 11 is 1.68. The Labute approximate surface area is 89.7 Å². The second kappa shape index (κ2) is 5.44. The topological polar surface area (TPSA) is 50.9 Å². The Kier molecular flexibility index (Phi) is 4.51. The fraction of sp³-hybridized carbons (Fsp3) is 0.700. The molecule has 2 unspecified atom stereocenters. The van der Waals surface area contributed by atoms with Crippen molar-refractivity contribution < 1.29 is 0 Å². The van der Waals surface area contributed by atoms with Crippen LogP contribution in [-0.2, 0) is 0 Å². The van der Waals surface area contributed by atoms with Gasteiger partial charge in [0.05, 0.1) is 6.04 Å². The molecule has 0 radical (unpaired) electrons. The molecule has 0 aromatic carbocycles. The lowest BCUT2D eigenvalue weighted by molar-refractivity contribution is 0.434. The van der Waals surface area contributed by atoms with Gasteiger partial charge in [0, 0.05) is 24.2 Å². The van der Waals surface area contributed by atoms with Crippen molar-refractivity contribution in [3.63, 3.8) is 0 Å². The maximum Gasteiger partial charge on any atom is 0.109 e. The normalized spacial score (nSPS) is 15.8. The van der Waals surface area contributed by atoms with Crippen molar-refractivity contribution in [3.05, 3.63) is 16.6 Å². The van der Waals surface area contributed by atoms with Crippen LogP contribution in [0.5, 0.6) is 0 Å². The lowest BCUT2D eigenvalue weighted by atomic mass is 10.1. The molecule has 14 heavy (non-hydrogen) atoms. The molecule has 1 heterocycles. The van der Waals surface area contributed by atoms with Crippen molar-refractivity contribution >= 4 is 11.3 Å². The van der Waals surface area contributed by atoms with Crippen LogP contribution >= 0.6 is 11.3 Å². The van der Waals surface area contributed by atoms with E-state index in [1.807, 2.05) is 11.6 Å². The van der Waals surface area contributed by atoms with Gasteiger partial charge in [0.15, 0.2) is 0 Å². The van der Waals surface area contributed by atoms with Gasteiger partial charge in [-0.05, 0) is 12.8 Å². The van der Waals surface area contributed by atoms with Gasteiger partial charge in [-0.15, -0.1) is 11.3 Å². The van der Waals surface area contributed by atoms with E-state index in [9.17, 15) is 0 Å². The van der Waals surface area contributed by atoms with Gasteiger partial charge in [0.1, 0.15) is 5.01 Å². The molecule has 0 spiro atoms. The second-order valence-corrected chi connectivity index (χ2v) is 4.83. The lowest BCUT2D eigenvalue weighted by Crippen LogP contribution is -2.38. The molecule has 0 saturated heterocycles. The molecule has 0 aliphatic rings. The van der Waals surface area contributed by atoms with Crippen LogP contribution in [0.2, 0.25) is 0 Å². The Bertz CT molecular complexity index is 246. The summed E-state index contributed by atoms with van der Waals surface area (Å²) in [6.07, 6.45) is 1.83. The van der Waals surface area contributed by atoms with Gasteiger partial charge in [-0.3, -0.25) is 0 Å². The number of rotatable bonds is 5. The minimum Gasteiger partial charge on any atom is -0.326 e. The van der Waals surface area contributed by atoms with Crippen LogP contribution in [-0.4, -0.2) is 17.6 Å². The molecule has 0 aliphatic heterocycles. The van der Waals surface area contributed by atoms with Gasteiger partial charge in [-0.2, -0.15) is 0 Å². The fourth-order valence-electron chi connectivity index (χ4n) is 1.08. The predicted molar refractivity (Wildman–Crippen MR) is 61.3 cm³/mol. The molecule has 3 nitrogen and oxygen atoms in total. The average molecular weight is 213 g/mol. The number of thiazole rings is 1. The molecule has 0 amide bonds. The highest BCUT2D eigenvalue weighted by Crippen LogP contribution is 2.14. The number of hydrogen-bond acceptors (Lipinski definition) is 4. The third-order valence-corrected chi connectivity index (χ3v) is 3.30. The highest BCUT2D eigenvalue weighted by atomic mass is 32.1. The first-order valence-electron chi connectivity index (χ1n) is 4.99. The molecule has 4 heteroatoms. The van der Waals surface area contributed by atoms with Gasteiger partial charge in [0.25, 0.3) is 0 Å². The van der Waals surface area contributed by atoms with E-state index >= 15 is 0 Å². The Morgan fingerprint density at radius 1 is 1.50 bits per heavy atom. The van der Waals surface area contributed by atoms with E-state index < -0.39 is 0 Å². The van der Waals surface area contributed by atoms with Crippen LogP contribution < -0.4 is 11.1 Å². The number of nitrogens with two attached hydrogens (primary N) is 1. The van der Waals surface area contributed by atoms with Crippen LogP contribution in [0.15, 0.2) is 11.6 Å². The van der Waals surface area contributed by atoms with Crippen LogP contribution in [0, 0.1) is 5.92 Å². The molecule has 0 aliphatic carbocycles. The summed E-state index contributed by atoms with van der Waals surface area (Å²) < 4.78 is 0. The van der Waals surface area contributed by atoms with Crippen LogP contribution in [0.4, 0.5) is 0 Å². The lowest BCUT2D eigenvalue weighted by Gasteiger charge is -2.18. The van der Waals surface area contributed by atoms with Crippen molar-refractivity contribution in [2.75, 3.05) is 6.54 Å². The largest absolute Gasteiger partial charge is 0.326 e. The van der Waals surface area contributed by atoms with Crippen LogP contribution in [0.25, 0.3) is 0 Å². The summed E-state index contributed by atoms with van der Waals surface area (Å²) in [5.41, 5.74) is 5.94. The number of nitrogens with one attached hydrogen (secondary N) is 1. The Morgan fingerprint density at radius 3 is 2.71 bits per heavy atom. The molecule has 1 aromatic rings. The first-order chi connectivity index (χ1) is 6.61. The predicted octanol–water partition coefficient (Wildman–Crippen LogP) is 1.78. The van der Waals surface area contributed by atoms with Gasteiger partial charge >= 0.3 is 0 Å². The van der Waals surface area contributed by atoms with Gasteiger partial charge in [-0.1, -0.05) is 13.8 Å². The van der Waals surface area contributed by atoms with Gasteiger partial charge in [0.2, 0.25) is 0 Å². The molecule has 0 fully saturated rings. The van der Waals surface area contributed by atoms with Crippen LogP contribution in [0.3, 0.4) is 0 Å². The zero-order valence-electron chi connectivity index (χ0n) is 9.03. The van der Waals surface area contributed by atoms with E-state index in [0.29, 0.717) is 12.0 Å². The molecular weight excluding hydrogens is 194 g/mol. The standard InChI is InChI=1S/C10H19N3S/c1-7(2)9(11)6-13-8(3)10-12-4-5-14-10/h4-5,7-9,13H,6,11H2,1-3H3. The maximum absolute atomic E-state index is 5.94. The summed E-state index contributed by atoms with van der Waals surface area (Å²) in [7, 11) is 0. The Morgan fingerprint density at radius 2 is 2.21 bits per heavy atom. The quantitative estimate of drug-likeness (QED) is 0.784. The summed E-state index contributed by atoms with van der Waals surface area (Å²) in [5, 5.41) is 6.51. The minimum atomic E-state index is 0.220. The Balaban J connectivity index is 2.32. The van der Waals surface area contributed by atoms with Crippen molar-refractivity contribution in [2.45, 2.75) is 32.9 Å². The van der Waals surface area contributed by atoms with E-state index in [1.54, 1.807) is 11.3 Å². The highest BCUT2D eigenvalue weighted by molar-refractivity contribution is 7.09. The first kappa shape index (κ1) is 11.6. The minimum absolute atomic E-state index is 0.220. The highest BCUT2D eigenvalue weighted by Gasteiger charge is 2.11. The number of aromatic nitrogens is 1. The van der Waals surface area contributed by atoms with Gasteiger partial charge < -0.3 is 11.1 Å². The zero-order valence-corrected chi connectivity index (χ0v) is 9.84. The Hall–Kier alpha value is -0.450. The van der Waals surface area contributed by atoms with Crippen molar-refractivity contribution in [2.24, 2.45) is 11.7 Å². The molecule has 80 valence electrons. The molecule has 3 N–H and O–H groups in total. The average Bonchev–Trinajstić information content (AvgIpc) is 2.66. The van der Waals surface area contributed by atoms with Crippen molar-refractivity contribution in [3.8, 4) is 0 Å². The third kappa shape index (κ3) is 3.36. The fourth-order valence-corrected chi connectivity index (χ4v) is 1.75. The van der Waals surface area contributed by atoms with E-state index in [-0.39, 0.29) is 6.04 Å². The summed E-state index contributed by atoms with van der Waals surface area (Å²) in [4.78, 5) is 4.25.